The first kappa shape index (κ1) is 20.8. The van der Waals surface area contributed by atoms with E-state index in [9.17, 15) is 14.7 Å². The lowest BCUT2D eigenvalue weighted by molar-refractivity contribution is -0.131. The van der Waals surface area contributed by atoms with E-state index in [4.69, 9.17) is 23.2 Å². The minimum Gasteiger partial charge on any atom is -0.508 e. The van der Waals surface area contributed by atoms with E-state index in [1.54, 1.807) is 40.1 Å². The largest absolute Gasteiger partial charge is 0.508 e. The van der Waals surface area contributed by atoms with Crippen molar-refractivity contribution in [1.82, 2.24) is 9.80 Å². The lowest BCUT2D eigenvalue weighted by Gasteiger charge is -2.36. The van der Waals surface area contributed by atoms with Gasteiger partial charge in [-0.25, -0.2) is 0 Å². The van der Waals surface area contributed by atoms with Crippen LogP contribution in [0.5, 0.6) is 5.75 Å². The molecule has 148 valence electrons. The first-order valence-corrected chi connectivity index (χ1v) is 10.5. The highest BCUT2D eigenvalue weighted by atomic mass is 35.5. The number of benzene rings is 2. The van der Waals surface area contributed by atoms with Gasteiger partial charge in [0.05, 0.1) is 10.3 Å². The topological polar surface area (TPSA) is 60.9 Å². The van der Waals surface area contributed by atoms with E-state index in [0.29, 0.717) is 41.8 Å². The predicted octanol–water partition coefficient (Wildman–Crippen LogP) is 4.16. The van der Waals surface area contributed by atoms with Gasteiger partial charge in [0.15, 0.2) is 0 Å². The highest BCUT2D eigenvalue weighted by Gasteiger charge is 2.28. The molecular weight excluding hydrogens is 419 g/mol. The van der Waals surface area contributed by atoms with E-state index in [-0.39, 0.29) is 22.8 Å². The highest BCUT2D eigenvalue weighted by molar-refractivity contribution is 8.00. The van der Waals surface area contributed by atoms with Gasteiger partial charge in [-0.2, -0.15) is 0 Å². The fourth-order valence-corrected chi connectivity index (χ4v) is 4.51. The van der Waals surface area contributed by atoms with Gasteiger partial charge in [-0.3, -0.25) is 9.59 Å². The van der Waals surface area contributed by atoms with Crippen molar-refractivity contribution >= 4 is 46.8 Å². The molecule has 1 fully saturated rings. The number of nitrogens with zero attached hydrogens (tertiary/aromatic N) is 2. The maximum Gasteiger partial charge on any atom is 0.254 e. The van der Waals surface area contributed by atoms with E-state index < -0.39 is 0 Å². The Kier molecular flexibility index (Phi) is 6.75. The van der Waals surface area contributed by atoms with E-state index in [1.807, 2.05) is 6.92 Å². The Labute approximate surface area is 178 Å². The molecular formula is C20H20Cl2N2O3S. The van der Waals surface area contributed by atoms with Crippen LogP contribution in [0, 0.1) is 0 Å². The summed E-state index contributed by atoms with van der Waals surface area (Å²) in [5.74, 6) is -0.0770. The number of hydrogen-bond acceptors (Lipinski definition) is 4. The molecule has 8 heteroatoms. The van der Waals surface area contributed by atoms with Gasteiger partial charge in [0, 0.05) is 41.7 Å². The molecule has 1 aliphatic rings. The molecule has 1 N–H and O–H groups in total. The molecule has 0 saturated carbocycles. The standard InChI is InChI=1S/C20H20Cl2N2O3S/c1-13(28-18-12-15(21)5-6-17(18)22)19(26)23-7-9-24(10-8-23)20(27)14-3-2-4-16(25)11-14/h2-6,11-13,25H,7-10H2,1H3. The summed E-state index contributed by atoms with van der Waals surface area (Å²) in [7, 11) is 0. The van der Waals surface area contributed by atoms with Gasteiger partial charge >= 0.3 is 0 Å². The quantitative estimate of drug-likeness (QED) is 0.727. The molecule has 1 saturated heterocycles. The fraction of sp³-hybridized carbons (Fsp3) is 0.300. The average molecular weight is 439 g/mol. The van der Waals surface area contributed by atoms with Crippen molar-refractivity contribution in [3.8, 4) is 5.75 Å². The molecule has 1 heterocycles. The Hall–Kier alpha value is -1.89. The maximum atomic E-state index is 12.8. The zero-order chi connectivity index (χ0) is 20.3. The summed E-state index contributed by atoms with van der Waals surface area (Å²) in [6.07, 6.45) is 0. The fourth-order valence-electron chi connectivity index (χ4n) is 3.02. The number of thioether (sulfide) groups is 1. The van der Waals surface area contributed by atoms with Gasteiger partial charge in [-0.05, 0) is 43.3 Å². The molecule has 2 aromatic rings. The minimum atomic E-state index is -0.315. The Balaban J connectivity index is 1.57. The van der Waals surface area contributed by atoms with Crippen LogP contribution in [-0.2, 0) is 4.79 Å². The first-order chi connectivity index (χ1) is 13.3. The number of phenols is 1. The summed E-state index contributed by atoms with van der Waals surface area (Å²) < 4.78 is 0. The molecule has 1 atom stereocenters. The molecule has 1 unspecified atom stereocenters. The van der Waals surface area contributed by atoms with Crippen LogP contribution in [0.25, 0.3) is 0 Å². The number of rotatable bonds is 4. The minimum absolute atomic E-state index is 0.00509. The second-order valence-electron chi connectivity index (χ2n) is 6.50. The van der Waals surface area contributed by atoms with Crippen molar-refractivity contribution < 1.29 is 14.7 Å². The summed E-state index contributed by atoms with van der Waals surface area (Å²) in [6, 6.07) is 11.5. The summed E-state index contributed by atoms with van der Waals surface area (Å²) in [5.41, 5.74) is 0.444. The normalized spacial score (nSPS) is 15.4. The van der Waals surface area contributed by atoms with Gasteiger partial charge < -0.3 is 14.9 Å². The molecule has 28 heavy (non-hydrogen) atoms. The third kappa shape index (κ3) is 4.93. The van der Waals surface area contributed by atoms with E-state index in [0.717, 1.165) is 4.90 Å². The number of phenolic OH excluding ortho intramolecular Hbond substituents is 1. The van der Waals surface area contributed by atoms with Crippen LogP contribution in [0.2, 0.25) is 10.0 Å². The number of piperazine rings is 1. The molecule has 0 bridgehead atoms. The molecule has 2 aromatic carbocycles. The van der Waals surface area contributed by atoms with Gasteiger partial charge in [-0.15, -0.1) is 11.8 Å². The number of halogens is 2. The molecule has 0 aromatic heterocycles. The predicted molar refractivity (Wildman–Crippen MR) is 112 cm³/mol. The summed E-state index contributed by atoms with van der Waals surface area (Å²) >= 11 is 13.6. The van der Waals surface area contributed by atoms with Gasteiger partial charge in [0.25, 0.3) is 5.91 Å². The summed E-state index contributed by atoms with van der Waals surface area (Å²) in [6.45, 7) is 3.69. The third-order valence-corrected chi connectivity index (χ3v) is 6.34. The molecule has 3 rings (SSSR count). The van der Waals surface area contributed by atoms with Crippen LogP contribution < -0.4 is 0 Å². The van der Waals surface area contributed by atoms with Crippen LogP contribution in [0.3, 0.4) is 0 Å². The zero-order valence-electron chi connectivity index (χ0n) is 15.3. The lowest BCUT2D eigenvalue weighted by Crippen LogP contribution is -2.52. The van der Waals surface area contributed by atoms with Gasteiger partial charge in [0.2, 0.25) is 5.91 Å². The molecule has 2 amide bonds. The Morgan fingerprint density at radius 3 is 2.39 bits per heavy atom. The van der Waals surface area contributed by atoms with Crippen molar-refractivity contribution in [3.63, 3.8) is 0 Å². The molecule has 0 radical (unpaired) electrons. The number of hydrogen-bond donors (Lipinski definition) is 1. The number of amides is 2. The van der Waals surface area contributed by atoms with E-state index in [2.05, 4.69) is 0 Å². The summed E-state index contributed by atoms with van der Waals surface area (Å²) in [5, 5.41) is 10.4. The number of carbonyl (C=O) groups is 2. The lowest BCUT2D eigenvalue weighted by atomic mass is 10.1. The van der Waals surface area contributed by atoms with Crippen LogP contribution in [-0.4, -0.2) is 58.1 Å². The van der Waals surface area contributed by atoms with Crippen LogP contribution in [0.1, 0.15) is 17.3 Å². The molecule has 5 nitrogen and oxygen atoms in total. The van der Waals surface area contributed by atoms with Crippen molar-refractivity contribution in [2.45, 2.75) is 17.1 Å². The van der Waals surface area contributed by atoms with Crippen molar-refractivity contribution in [2.75, 3.05) is 26.2 Å². The Morgan fingerprint density at radius 2 is 1.71 bits per heavy atom. The van der Waals surface area contributed by atoms with Crippen molar-refractivity contribution in [3.05, 3.63) is 58.1 Å². The highest BCUT2D eigenvalue weighted by Crippen LogP contribution is 2.33. The van der Waals surface area contributed by atoms with Gasteiger partial charge in [0.1, 0.15) is 5.75 Å². The average Bonchev–Trinajstić information content (AvgIpc) is 2.69. The molecule has 0 aliphatic carbocycles. The van der Waals surface area contributed by atoms with E-state index in [1.165, 1.54) is 23.9 Å². The van der Waals surface area contributed by atoms with Crippen molar-refractivity contribution in [2.24, 2.45) is 0 Å². The smallest absolute Gasteiger partial charge is 0.254 e. The van der Waals surface area contributed by atoms with Crippen LogP contribution in [0.15, 0.2) is 47.4 Å². The second kappa shape index (κ2) is 9.07. The van der Waals surface area contributed by atoms with Gasteiger partial charge in [-0.1, -0.05) is 29.3 Å². The maximum absolute atomic E-state index is 12.8. The van der Waals surface area contributed by atoms with Crippen LogP contribution >= 0.6 is 35.0 Å². The van der Waals surface area contributed by atoms with E-state index >= 15 is 0 Å². The van der Waals surface area contributed by atoms with Crippen molar-refractivity contribution in [1.29, 1.82) is 0 Å². The third-order valence-electron chi connectivity index (χ3n) is 4.52. The Morgan fingerprint density at radius 1 is 1.04 bits per heavy atom. The molecule has 1 aliphatic heterocycles. The SMILES string of the molecule is CC(Sc1cc(Cl)ccc1Cl)C(=O)N1CCN(C(=O)c2cccc(O)c2)CC1. The second-order valence-corrected chi connectivity index (χ2v) is 8.73. The number of aromatic hydroxyl groups is 1. The number of carbonyl (C=O) groups excluding carboxylic acids is 2. The molecule has 0 spiro atoms. The monoisotopic (exact) mass is 438 g/mol. The zero-order valence-corrected chi connectivity index (χ0v) is 17.6. The van der Waals surface area contributed by atoms with Crippen LogP contribution in [0.4, 0.5) is 0 Å². The first-order valence-electron chi connectivity index (χ1n) is 8.84. The Bertz CT molecular complexity index is 886. The summed E-state index contributed by atoms with van der Waals surface area (Å²) in [4.78, 5) is 29.6.